The van der Waals surface area contributed by atoms with Gasteiger partial charge in [0.1, 0.15) is 11.8 Å². The maximum atomic E-state index is 12.5. The first kappa shape index (κ1) is 15.7. The van der Waals surface area contributed by atoms with Crippen molar-refractivity contribution in [2.75, 3.05) is 12.4 Å². The number of anilines is 1. The predicted octanol–water partition coefficient (Wildman–Crippen LogP) is 2.60. The maximum absolute atomic E-state index is 12.5. The zero-order valence-corrected chi connectivity index (χ0v) is 13.4. The molecule has 0 unspecified atom stereocenters. The lowest BCUT2D eigenvalue weighted by atomic mass is 10.2. The molecular formula is C18H17N3O3. The van der Waals surface area contributed by atoms with E-state index in [2.05, 4.69) is 10.4 Å². The minimum absolute atomic E-state index is 0.287. The molecule has 1 amide bonds. The van der Waals surface area contributed by atoms with Gasteiger partial charge in [-0.05, 0) is 37.3 Å². The third kappa shape index (κ3) is 2.99. The van der Waals surface area contributed by atoms with E-state index in [1.54, 1.807) is 56.6 Å². The van der Waals surface area contributed by atoms with Crippen LogP contribution < -0.4 is 15.6 Å². The number of carbonyl (C=O) groups excluding carboxylic acids is 1. The van der Waals surface area contributed by atoms with Crippen molar-refractivity contribution in [1.29, 1.82) is 0 Å². The molecule has 0 saturated heterocycles. The highest BCUT2D eigenvalue weighted by Crippen LogP contribution is 2.16. The van der Waals surface area contributed by atoms with Crippen LogP contribution in [0.1, 0.15) is 13.0 Å². The van der Waals surface area contributed by atoms with Crippen LogP contribution in [-0.4, -0.2) is 22.8 Å². The minimum Gasteiger partial charge on any atom is -0.497 e. The molecule has 1 atom stereocenters. The summed E-state index contributed by atoms with van der Waals surface area (Å²) in [6.45, 7) is 1.64. The number of ether oxygens (including phenoxy) is 1. The molecule has 0 saturated carbocycles. The largest absolute Gasteiger partial charge is 0.497 e. The Bertz CT molecular complexity index is 932. The number of benzene rings is 2. The van der Waals surface area contributed by atoms with Gasteiger partial charge in [-0.25, -0.2) is 4.68 Å². The van der Waals surface area contributed by atoms with E-state index in [-0.39, 0.29) is 11.5 Å². The number of fused-ring (bicyclic) bond motifs is 1. The Balaban J connectivity index is 1.85. The smallest absolute Gasteiger partial charge is 0.275 e. The Labute approximate surface area is 138 Å². The quantitative estimate of drug-likeness (QED) is 0.801. The van der Waals surface area contributed by atoms with Gasteiger partial charge in [-0.15, -0.1) is 0 Å². The van der Waals surface area contributed by atoms with Gasteiger partial charge in [-0.2, -0.15) is 5.10 Å². The number of carbonyl (C=O) groups is 1. The summed E-state index contributed by atoms with van der Waals surface area (Å²) in [5.41, 5.74) is 0.340. The molecule has 0 aliphatic carbocycles. The lowest BCUT2D eigenvalue weighted by molar-refractivity contribution is -0.119. The lowest BCUT2D eigenvalue weighted by Crippen LogP contribution is -2.33. The summed E-state index contributed by atoms with van der Waals surface area (Å²) in [4.78, 5) is 24.9. The van der Waals surface area contributed by atoms with Crippen molar-refractivity contribution in [2.45, 2.75) is 13.0 Å². The van der Waals surface area contributed by atoms with Crippen molar-refractivity contribution >= 4 is 22.4 Å². The average Bonchev–Trinajstić information content (AvgIpc) is 2.62. The molecule has 122 valence electrons. The van der Waals surface area contributed by atoms with Crippen LogP contribution in [0.25, 0.3) is 10.8 Å². The van der Waals surface area contributed by atoms with Crippen LogP contribution in [0.2, 0.25) is 0 Å². The first-order chi connectivity index (χ1) is 11.6. The Kier molecular flexibility index (Phi) is 4.29. The van der Waals surface area contributed by atoms with Gasteiger partial charge >= 0.3 is 0 Å². The molecule has 6 nitrogen and oxygen atoms in total. The van der Waals surface area contributed by atoms with E-state index in [1.807, 2.05) is 12.1 Å². The van der Waals surface area contributed by atoms with Crippen LogP contribution in [0, 0.1) is 0 Å². The van der Waals surface area contributed by atoms with E-state index in [4.69, 9.17) is 4.74 Å². The average molecular weight is 323 g/mol. The standard InChI is InChI=1S/C18H17N3O3/c1-12(17(22)20-14-7-9-15(24-2)10-8-14)21-18(23)16-6-4-3-5-13(16)11-19-21/h3-12H,1-2H3,(H,20,22)/t12-/m1/s1. The monoisotopic (exact) mass is 323 g/mol. The topological polar surface area (TPSA) is 73.2 Å². The lowest BCUT2D eigenvalue weighted by Gasteiger charge is -2.14. The van der Waals surface area contributed by atoms with Crippen LogP contribution in [-0.2, 0) is 4.79 Å². The van der Waals surface area contributed by atoms with Crippen molar-refractivity contribution in [1.82, 2.24) is 9.78 Å². The van der Waals surface area contributed by atoms with E-state index in [0.29, 0.717) is 16.8 Å². The van der Waals surface area contributed by atoms with Crippen molar-refractivity contribution < 1.29 is 9.53 Å². The van der Waals surface area contributed by atoms with Gasteiger partial charge in [-0.1, -0.05) is 18.2 Å². The van der Waals surface area contributed by atoms with E-state index < -0.39 is 6.04 Å². The number of hydrogen-bond acceptors (Lipinski definition) is 4. The second-order valence-electron chi connectivity index (χ2n) is 5.38. The van der Waals surface area contributed by atoms with Crippen molar-refractivity contribution in [2.24, 2.45) is 0 Å². The third-order valence-corrected chi connectivity index (χ3v) is 3.82. The molecule has 0 fully saturated rings. The molecule has 0 aliphatic rings. The molecule has 24 heavy (non-hydrogen) atoms. The number of methoxy groups -OCH3 is 1. The Morgan fingerprint density at radius 1 is 1.17 bits per heavy atom. The van der Waals surface area contributed by atoms with E-state index >= 15 is 0 Å². The second-order valence-corrected chi connectivity index (χ2v) is 5.38. The Morgan fingerprint density at radius 3 is 2.58 bits per heavy atom. The van der Waals surface area contributed by atoms with E-state index in [0.717, 1.165) is 5.39 Å². The fraction of sp³-hybridized carbons (Fsp3) is 0.167. The highest BCUT2D eigenvalue weighted by Gasteiger charge is 2.18. The van der Waals surface area contributed by atoms with E-state index in [9.17, 15) is 9.59 Å². The number of nitrogens with zero attached hydrogens (tertiary/aromatic N) is 2. The molecule has 3 aromatic rings. The summed E-state index contributed by atoms with van der Waals surface area (Å²) in [6, 6.07) is 13.4. The van der Waals surface area contributed by atoms with Gasteiger partial charge < -0.3 is 10.1 Å². The number of nitrogens with one attached hydrogen (secondary N) is 1. The van der Waals surface area contributed by atoms with Crippen LogP contribution in [0.15, 0.2) is 59.5 Å². The number of hydrogen-bond donors (Lipinski definition) is 1. The van der Waals surface area contributed by atoms with Crippen molar-refractivity contribution in [3.8, 4) is 5.75 Å². The molecular weight excluding hydrogens is 306 g/mol. The minimum atomic E-state index is -0.732. The van der Waals surface area contributed by atoms with Gasteiger partial charge in [-0.3, -0.25) is 9.59 Å². The molecule has 1 aromatic heterocycles. The molecule has 2 aromatic carbocycles. The molecule has 0 spiro atoms. The molecule has 6 heteroatoms. The molecule has 0 bridgehead atoms. The van der Waals surface area contributed by atoms with Gasteiger partial charge in [0.05, 0.1) is 18.7 Å². The summed E-state index contributed by atoms with van der Waals surface area (Å²) >= 11 is 0. The Morgan fingerprint density at radius 2 is 1.88 bits per heavy atom. The third-order valence-electron chi connectivity index (χ3n) is 3.82. The number of rotatable bonds is 4. The van der Waals surface area contributed by atoms with Crippen LogP contribution in [0.5, 0.6) is 5.75 Å². The zero-order valence-electron chi connectivity index (χ0n) is 13.4. The zero-order chi connectivity index (χ0) is 17.1. The molecule has 1 heterocycles. The normalized spacial score (nSPS) is 11.9. The summed E-state index contributed by atoms with van der Waals surface area (Å²) in [5, 5.41) is 8.18. The van der Waals surface area contributed by atoms with Gasteiger partial charge in [0, 0.05) is 11.1 Å². The SMILES string of the molecule is COc1ccc(NC(=O)[C@@H](C)n2ncc3ccccc3c2=O)cc1. The van der Waals surface area contributed by atoms with Crippen LogP contribution >= 0.6 is 0 Å². The van der Waals surface area contributed by atoms with Gasteiger partial charge in [0.25, 0.3) is 5.56 Å². The molecule has 0 radical (unpaired) electrons. The highest BCUT2D eigenvalue weighted by atomic mass is 16.5. The highest BCUT2D eigenvalue weighted by molar-refractivity contribution is 5.93. The fourth-order valence-electron chi connectivity index (χ4n) is 2.41. The first-order valence-corrected chi connectivity index (χ1v) is 7.51. The molecule has 3 rings (SSSR count). The van der Waals surface area contributed by atoms with Crippen LogP contribution in [0.3, 0.4) is 0 Å². The second kappa shape index (κ2) is 6.54. The summed E-state index contributed by atoms with van der Waals surface area (Å²) < 4.78 is 6.28. The summed E-state index contributed by atoms with van der Waals surface area (Å²) in [5.74, 6) is 0.388. The molecule has 1 N–H and O–H groups in total. The summed E-state index contributed by atoms with van der Waals surface area (Å²) in [6.07, 6.45) is 1.59. The predicted molar refractivity (Wildman–Crippen MR) is 92.3 cm³/mol. The summed E-state index contributed by atoms with van der Waals surface area (Å²) in [7, 11) is 1.58. The first-order valence-electron chi connectivity index (χ1n) is 7.51. The maximum Gasteiger partial charge on any atom is 0.275 e. The van der Waals surface area contributed by atoms with Gasteiger partial charge in [0.15, 0.2) is 0 Å². The number of aromatic nitrogens is 2. The van der Waals surface area contributed by atoms with Crippen molar-refractivity contribution in [3.63, 3.8) is 0 Å². The van der Waals surface area contributed by atoms with Crippen LogP contribution in [0.4, 0.5) is 5.69 Å². The Hall–Kier alpha value is -3.15. The molecule has 0 aliphatic heterocycles. The number of amides is 1. The van der Waals surface area contributed by atoms with Gasteiger partial charge in [0.2, 0.25) is 5.91 Å². The van der Waals surface area contributed by atoms with E-state index in [1.165, 1.54) is 4.68 Å². The van der Waals surface area contributed by atoms with Crippen molar-refractivity contribution in [3.05, 3.63) is 65.1 Å². The fourth-order valence-corrected chi connectivity index (χ4v) is 2.41.